The molecule has 3 nitrogen and oxygen atoms in total. The van der Waals surface area contributed by atoms with Crippen molar-refractivity contribution in [1.82, 2.24) is 4.90 Å². The largest absolute Gasteiger partial charge is 0.490 e. The molecule has 86 valence electrons. The molecule has 0 saturated carbocycles. The van der Waals surface area contributed by atoms with Crippen LogP contribution < -0.4 is 4.74 Å². The van der Waals surface area contributed by atoms with Gasteiger partial charge in [0.2, 0.25) is 0 Å². The maximum absolute atomic E-state index is 13.3. The minimum absolute atomic E-state index is 0.206. The monoisotopic (exact) mass is 222 g/mol. The average Bonchev–Trinajstić information content (AvgIpc) is 2.25. The molecule has 0 saturated heterocycles. The Balaban J connectivity index is 2.46. The van der Waals surface area contributed by atoms with Gasteiger partial charge in [-0.25, -0.2) is 4.39 Å². The zero-order valence-corrected chi connectivity index (χ0v) is 9.53. The molecule has 0 radical (unpaired) electrons. The third kappa shape index (κ3) is 3.87. The molecular weight excluding hydrogens is 207 g/mol. The molecule has 4 heteroatoms. The van der Waals surface area contributed by atoms with Gasteiger partial charge in [-0.1, -0.05) is 0 Å². The van der Waals surface area contributed by atoms with E-state index in [-0.39, 0.29) is 5.75 Å². The summed E-state index contributed by atoms with van der Waals surface area (Å²) in [6, 6.07) is 6.09. The number of nitriles is 1. The summed E-state index contributed by atoms with van der Waals surface area (Å²) in [5.41, 5.74) is 0.304. The SMILES string of the molecule is CN(C)CCCOc1ccc(C#N)cc1F. The van der Waals surface area contributed by atoms with E-state index in [0.29, 0.717) is 12.2 Å². The second-order valence-electron chi connectivity index (χ2n) is 3.76. The van der Waals surface area contributed by atoms with Crippen LogP contribution in [0.3, 0.4) is 0 Å². The van der Waals surface area contributed by atoms with Crippen LogP contribution in [0.2, 0.25) is 0 Å². The second kappa shape index (κ2) is 6.09. The highest BCUT2D eigenvalue weighted by molar-refractivity contribution is 5.35. The lowest BCUT2D eigenvalue weighted by atomic mass is 10.2. The summed E-state index contributed by atoms with van der Waals surface area (Å²) in [5.74, 6) is -0.276. The van der Waals surface area contributed by atoms with E-state index >= 15 is 0 Å². The predicted molar refractivity (Wildman–Crippen MR) is 59.8 cm³/mol. The van der Waals surface area contributed by atoms with Gasteiger partial charge in [-0.3, -0.25) is 0 Å². The van der Waals surface area contributed by atoms with Crippen molar-refractivity contribution in [3.8, 4) is 11.8 Å². The number of hydrogen-bond acceptors (Lipinski definition) is 3. The molecule has 0 aromatic heterocycles. The molecule has 16 heavy (non-hydrogen) atoms. The summed E-state index contributed by atoms with van der Waals surface area (Å²) in [5, 5.41) is 8.57. The van der Waals surface area contributed by atoms with Gasteiger partial charge in [0.05, 0.1) is 18.2 Å². The molecule has 0 unspecified atom stereocenters. The normalized spacial score (nSPS) is 10.2. The van der Waals surface area contributed by atoms with E-state index in [2.05, 4.69) is 0 Å². The zero-order chi connectivity index (χ0) is 12.0. The van der Waals surface area contributed by atoms with Crippen LogP contribution in [0.25, 0.3) is 0 Å². The Labute approximate surface area is 95.1 Å². The first-order valence-electron chi connectivity index (χ1n) is 5.10. The fourth-order valence-corrected chi connectivity index (χ4v) is 1.25. The molecule has 0 fully saturated rings. The second-order valence-corrected chi connectivity index (χ2v) is 3.76. The van der Waals surface area contributed by atoms with E-state index in [1.165, 1.54) is 12.1 Å². The van der Waals surface area contributed by atoms with Gasteiger partial charge >= 0.3 is 0 Å². The molecule has 0 heterocycles. The molecular formula is C12H15FN2O. The molecule has 0 bridgehead atoms. The third-order valence-corrected chi connectivity index (χ3v) is 2.07. The summed E-state index contributed by atoms with van der Waals surface area (Å²) >= 11 is 0. The quantitative estimate of drug-likeness (QED) is 0.715. The van der Waals surface area contributed by atoms with Crippen LogP contribution >= 0.6 is 0 Å². The lowest BCUT2D eigenvalue weighted by molar-refractivity contribution is 0.271. The lowest BCUT2D eigenvalue weighted by Gasteiger charge is -2.10. The van der Waals surface area contributed by atoms with Crippen molar-refractivity contribution in [3.05, 3.63) is 29.6 Å². The highest BCUT2D eigenvalue weighted by atomic mass is 19.1. The van der Waals surface area contributed by atoms with Crippen LogP contribution in [0.5, 0.6) is 5.75 Å². The van der Waals surface area contributed by atoms with Gasteiger partial charge in [0, 0.05) is 6.54 Å². The fourth-order valence-electron chi connectivity index (χ4n) is 1.25. The predicted octanol–water partition coefficient (Wildman–Crippen LogP) is 2.03. The number of benzene rings is 1. The van der Waals surface area contributed by atoms with E-state index in [0.717, 1.165) is 13.0 Å². The Morgan fingerprint density at radius 2 is 2.19 bits per heavy atom. The summed E-state index contributed by atoms with van der Waals surface area (Å²) in [6.07, 6.45) is 0.840. The molecule has 0 aliphatic carbocycles. The van der Waals surface area contributed by atoms with Crippen molar-refractivity contribution in [2.24, 2.45) is 0 Å². The Hall–Kier alpha value is -1.60. The molecule has 0 atom stereocenters. The fraction of sp³-hybridized carbons (Fsp3) is 0.417. The number of halogens is 1. The average molecular weight is 222 g/mol. The van der Waals surface area contributed by atoms with E-state index in [1.807, 2.05) is 25.1 Å². The summed E-state index contributed by atoms with van der Waals surface area (Å²) in [7, 11) is 3.95. The van der Waals surface area contributed by atoms with Crippen LogP contribution in [0, 0.1) is 17.1 Å². The first-order chi connectivity index (χ1) is 7.63. The smallest absolute Gasteiger partial charge is 0.166 e. The number of rotatable bonds is 5. The van der Waals surface area contributed by atoms with Gasteiger partial charge in [0.25, 0.3) is 0 Å². The van der Waals surface area contributed by atoms with Crippen molar-refractivity contribution >= 4 is 0 Å². The standard InChI is InChI=1S/C12H15FN2O/c1-15(2)6-3-7-16-12-5-4-10(9-14)8-11(12)13/h4-5,8H,3,6-7H2,1-2H3. The first kappa shape index (κ1) is 12.5. The van der Waals surface area contributed by atoms with Crippen LogP contribution in [-0.4, -0.2) is 32.1 Å². The van der Waals surface area contributed by atoms with Gasteiger partial charge in [-0.05, 0) is 38.7 Å². The third-order valence-electron chi connectivity index (χ3n) is 2.07. The Bertz CT molecular complexity index is 385. The van der Waals surface area contributed by atoms with E-state index < -0.39 is 5.82 Å². The van der Waals surface area contributed by atoms with Crippen molar-refractivity contribution in [1.29, 1.82) is 5.26 Å². The first-order valence-corrected chi connectivity index (χ1v) is 5.10. The zero-order valence-electron chi connectivity index (χ0n) is 9.53. The van der Waals surface area contributed by atoms with Gasteiger partial charge in [-0.2, -0.15) is 5.26 Å². The molecule has 1 aromatic rings. The Kier molecular flexibility index (Phi) is 4.74. The lowest BCUT2D eigenvalue weighted by Crippen LogP contribution is -2.15. The van der Waals surface area contributed by atoms with Gasteiger partial charge in [0.1, 0.15) is 0 Å². The van der Waals surface area contributed by atoms with Crippen LogP contribution in [0.15, 0.2) is 18.2 Å². The van der Waals surface area contributed by atoms with E-state index in [1.54, 1.807) is 6.07 Å². The molecule has 0 aliphatic heterocycles. The molecule has 1 rings (SSSR count). The van der Waals surface area contributed by atoms with Gasteiger partial charge in [-0.15, -0.1) is 0 Å². The minimum atomic E-state index is -0.482. The summed E-state index contributed by atoms with van der Waals surface area (Å²) < 4.78 is 18.6. The van der Waals surface area contributed by atoms with Gasteiger partial charge < -0.3 is 9.64 Å². The Morgan fingerprint density at radius 1 is 1.44 bits per heavy atom. The highest BCUT2D eigenvalue weighted by Gasteiger charge is 2.04. The molecule has 1 aromatic carbocycles. The van der Waals surface area contributed by atoms with Gasteiger partial charge in [0.15, 0.2) is 11.6 Å². The molecule has 0 aliphatic rings. The van der Waals surface area contributed by atoms with E-state index in [4.69, 9.17) is 10.00 Å². The minimum Gasteiger partial charge on any atom is -0.490 e. The van der Waals surface area contributed by atoms with Crippen LogP contribution in [0.4, 0.5) is 4.39 Å². The van der Waals surface area contributed by atoms with Crippen LogP contribution in [0.1, 0.15) is 12.0 Å². The van der Waals surface area contributed by atoms with Crippen molar-refractivity contribution in [3.63, 3.8) is 0 Å². The molecule has 0 amide bonds. The molecule has 0 spiro atoms. The maximum atomic E-state index is 13.3. The maximum Gasteiger partial charge on any atom is 0.166 e. The van der Waals surface area contributed by atoms with Crippen molar-refractivity contribution < 1.29 is 9.13 Å². The number of hydrogen-bond donors (Lipinski definition) is 0. The van der Waals surface area contributed by atoms with Crippen molar-refractivity contribution in [2.75, 3.05) is 27.2 Å². The van der Waals surface area contributed by atoms with Crippen molar-refractivity contribution in [2.45, 2.75) is 6.42 Å². The number of ether oxygens (including phenoxy) is 1. The topological polar surface area (TPSA) is 36.3 Å². The number of nitrogens with zero attached hydrogens (tertiary/aromatic N) is 2. The summed E-state index contributed by atoms with van der Waals surface area (Å²) in [4.78, 5) is 2.04. The van der Waals surface area contributed by atoms with Crippen LogP contribution in [-0.2, 0) is 0 Å². The highest BCUT2D eigenvalue weighted by Crippen LogP contribution is 2.17. The van der Waals surface area contributed by atoms with E-state index in [9.17, 15) is 4.39 Å². The molecule has 0 N–H and O–H groups in total. The summed E-state index contributed by atoms with van der Waals surface area (Å²) in [6.45, 7) is 1.37. The Morgan fingerprint density at radius 3 is 2.75 bits per heavy atom.